The van der Waals surface area contributed by atoms with Crippen LogP contribution in [0.3, 0.4) is 0 Å². The van der Waals surface area contributed by atoms with Gasteiger partial charge >= 0.3 is 0 Å². The number of hydrogen-bond acceptors (Lipinski definition) is 6. The summed E-state index contributed by atoms with van der Waals surface area (Å²) in [6.07, 6.45) is 3.23. The average Bonchev–Trinajstić information content (AvgIpc) is 3.30. The lowest BCUT2D eigenvalue weighted by molar-refractivity contribution is 0.372. The van der Waals surface area contributed by atoms with E-state index in [9.17, 15) is 5.11 Å². The minimum atomic E-state index is -0.389. The van der Waals surface area contributed by atoms with Gasteiger partial charge in [-0.05, 0) is 55.4 Å². The number of hydrogen-bond donors (Lipinski definition) is 2. The molecule has 2 aromatic carbocycles. The quantitative estimate of drug-likeness (QED) is 0.291. The van der Waals surface area contributed by atoms with Crippen LogP contribution in [0.2, 0.25) is 5.02 Å². The normalized spacial score (nSPS) is 16.1. The molecule has 1 unspecified atom stereocenters. The number of benzene rings is 2. The summed E-state index contributed by atoms with van der Waals surface area (Å²) in [5.41, 5.74) is 3.29. The Morgan fingerprint density at radius 1 is 1.24 bits per heavy atom. The highest BCUT2D eigenvalue weighted by Gasteiger charge is 2.34. The van der Waals surface area contributed by atoms with Crippen LogP contribution in [-0.4, -0.2) is 38.9 Å². The molecule has 178 valence electrons. The van der Waals surface area contributed by atoms with Crippen LogP contribution in [0.25, 0.3) is 17.0 Å². The molecule has 2 heterocycles. The first-order valence-corrected chi connectivity index (χ1v) is 12.0. The highest BCUT2D eigenvalue weighted by Crippen LogP contribution is 2.40. The molecular weight excluding hydrogens is 472 g/mol. The molecule has 34 heavy (non-hydrogen) atoms. The summed E-state index contributed by atoms with van der Waals surface area (Å²) < 4.78 is 11.0. The topological polar surface area (TPSA) is 83.7 Å². The number of thiocarbonyl (C=S) groups is 1. The Morgan fingerprint density at radius 3 is 2.76 bits per heavy atom. The first-order valence-electron chi connectivity index (χ1n) is 11.2. The van der Waals surface area contributed by atoms with Gasteiger partial charge in [-0.15, -0.1) is 0 Å². The number of rotatable bonds is 8. The molecule has 0 fully saturated rings. The maximum atomic E-state index is 10.4. The van der Waals surface area contributed by atoms with E-state index in [0.29, 0.717) is 27.6 Å². The zero-order chi connectivity index (χ0) is 24.2. The van der Waals surface area contributed by atoms with Crippen LogP contribution in [0.15, 0.2) is 52.7 Å². The van der Waals surface area contributed by atoms with Crippen molar-refractivity contribution in [1.82, 2.24) is 20.4 Å². The minimum absolute atomic E-state index is 0.0419. The van der Waals surface area contributed by atoms with Crippen molar-refractivity contribution < 1.29 is 14.4 Å². The van der Waals surface area contributed by atoms with Crippen LogP contribution in [0.4, 0.5) is 0 Å². The van der Waals surface area contributed by atoms with Crippen LogP contribution < -0.4 is 10.1 Å². The Hall–Kier alpha value is -3.10. The largest absolute Gasteiger partial charge is 0.504 e. The van der Waals surface area contributed by atoms with Gasteiger partial charge in [0, 0.05) is 22.8 Å². The van der Waals surface area contributed by atoms with Crippen molar-refractivity contribution in [3.05, 3.63) is 64.6 Å². The van der Waals surface area contributed by atoms with Crippen LogP contribution in [0.5, 0.6) is 11.5 Å². The third-order valence-corrected chi connectivity index (χ3v) is 6.43. The monoisotopic (exact) mass is 498 g/mol. The van der Waals surface area contributed by atoms with E-state index in [2.05, 4.69) is 22.3 Å². The van der Waals surface area contributed by atoms with Gasteiger partial charge in [0.05, 0.1) is 18.7 Å². The maximum absolute atomic E-state index is 10.4. The van der Waals surface area contributed by atoms with Crippen molar-refractivity contribution in [2.24, 2.45) is 0 Å². The number of ether oxygens (including phenoxy) is 1. The van der Waals surface area contributed by atoms with Crippen molar-refractivity contribution in [3.63, 3.8) is 0 Å². The van der Waals surface area contributed by atoms with Gasteiger partial charge in [0.15, 0.2) is 16.6 Å². The summed E-state index contributed by atoms with van der Waals surface area (Å²) in [5.74, 6) is 1.26. The van der Waals surface area contributed by atoms with Gasteiger partial charge in [-0.2, -0.15) is 4.98 Å². The zero-order valence-electron chi connectivity index (χ0n) is 19.3. The molecule has 9 heteroatoms. The number of phenols is 1. The molecule has 0 saturated carbocycles. The number of phenolic OH excluding ortho intramolecular Hbond substituents is 1. The molecule has 0 aliphatic carbocycles. The first-order chi connectivity index (χ1) is 16.4. The molecular formula is C25H27ClN4O3S. The number of nitrogens with zero attached hydrogens (tertiary/aromatic N) is 3. The summed E-state index contributed by atoms with van der Waals surface area (Å²) in [4.78, 5) is 6.76. The number of methoxy groups -OCH3 is 1. The molecule has 1 atom stereocenters. The van der Waals surface area contributed by atoms with Gasteiger partial charge in [-0.1, -0.05) is 54.7 Å². The zero-order valence-corrected chi connectivity index (χ0v) is 20.9. The highest BCUT2D eigenvalue weighted by molar-refractivity contribution is 7.80. The molecule has 0 bridgehead atoms. The summed E-state index contributed by atoms with van der Waals surface area (Å²) in [6.45, 7) is 4.96. The maximum Gasteiger partial charge on any atom is 0.258 e. The summed E-state index contributed by atoms with van der Waals surface area (Å²) in [5, 5.41) is 19.2. The molecule has 3 aromatic rings. The third-order valence-electron chi connectivity index (χ3n) is 5.86. The molecule has 1 aromatic heterocycles. The van der Waals surface area contributed by atoms with Crippen LogP contribution in [0, 0.1) is 0 Å². The fourth-order valence-electron chi connectivity index (χ4n) is 4.06. The van der Waals surface area contributed by atoms with E-state index < -0.39 is 0 Å². The predicted molar refractivity (Wildman–Crippen MR) is 137 cm³/mol. The molecule has 1 aliphatic rings. The fourth-order valence-corrected chi connectivity index (χ4v) is 4.60. The van der Waals surface area contributed by atoms with Crippen molar-refractivity contribution in [1.29, 1.82) is 0 Å². The second kappa shape index (κ2) is 10.4. The third kappa shape index (κ3) is 4.88. The number of halogens is 1. The van der Waals surface area contributed by atoms with Gasteiger partial charge < -0.3 is 24.6 Å². The van der Waals surface area contributed by atoms with Gasteiger partial charge in [0.2, 0.25) is 5.82 Å². The molecule has 0 saturated heterocycles. The van der Waals surface area contributed by atoms with E-state index in [0.717, 1.165) is 48.2 Å². The second-order valence-electron chi connectivity index (χ2n) is 8.11. The van der Waals surface area contributed by atoms with Crippen molar-refractivity contribution in [2.75, 3.05) is 13.7 Å². The van der Waals surface area contributed by atoms with E-state index in [1.807, 2.05) is 25.1 Å². The highest BCUT2D eigenvalue weighted by atomic mass is 35.5. The lowest BCUT2D eigenvalue weighted by atomic mass is 9.94. The Bertz CT molecular complexity index is 1230. The molecule has 2 N–H and O–H groups in total. The van der Waals surface area contributed by atoms with E-state index >= 15 is 0 Å². The fraction of sp³-hybridized carbons (Fsp3) is 0.320. The SMILES string of the molecule is CCCCCN1C(=S)NC(c2ccc(OC)c(O)c2)C(c2nc(-c3cccc(Cl)c3)no2)=C1C. The Labute approximate surface area is 209 Å². The smallest absolute Gasteiger partial charge is 0.258 e. The number of aromatic nitrogens is 2. The van der Waals surface area contributed by atoms with Crippen LogP contribution in [-0.2, 0) is 0 Å². The average molecular weight is 499 g/mol. The number of aromatic hydroxyl groups is 1. The molecule has 4 rings (SSSR count). The van der Waals surface area contributed by atoms with E-state index in [1.54, 1.807) is 24.3 Å². The molecule has 7 nitrogen and oxygen atoms in total. The minimum Gasteiger partial charge on any atom is -0.504 e. The lowest BCUT2D eigenvalue weighted by Crippen LogP contribution is -2.46. The van der Waals surface area contributed by atoms with Crippen molar-refractivity contribution in [3.8, 4) is 22.9 Å². The van der Waals surface area contributed by atoms with Crippen molar-refractivity contribution in [2.45, 2.75) is 39.2 Å². The number of nitrogens with one attached hydrogen (secondary N) is 1. The number of unbranched alkanes of at least 4 members (excludes halogenated alkanes) is 2. The lowest BCUT2D eigenvalue weighted by Gasteiger charge is -2.37. The summed E-state index contributed by atoms with van der Waals surface area (Å²) in [7, 11) is 1.52. The Kier molecular flexibility index (Phi) is 7.38. The van der Waals surface area contributed by atoms with E-state index in [1.165, 1.54) is 7.11 Å². The van der Waals surface area contributed by atoms with E-state index in [-0.39, 0.29) is 11.8 Å². The van der Waals surface area contributed by atoms with Gasteiger partial charge in [-0.25, -0.2) is 0 Å². The number of allylic oxidation sites excluding steroid dienone is 1. The van der Waals surface area contributed by atoms with Gasteiger partial charge in [0.25, 0.3) is 5.89 Å². The Balaban J connectivity index is 1.79. The molecule has 0 radical (unpaired) electrons. The van der Waals surface area contributed by atoms with Crippen LogP contribution in [0.1, 0.15) is 50.6 Å². The summed E-state index contributed by atoms with van der Waals surface area (Å²) >= 11 is 11.9. The van der Waals surface area contributed by atoms with Crippen molar-refractivity contribution >= 4 is 34.5 Å². The molecule has 1 aliphatic heterocycles. The van der Waals surface area contributed by atoms with Crippen LogP contribution >= 0.6 is 23.8 Å². The molecule has 0 amide bonds. The standard InChI is InChI=1S/C25H27ClN4O3S/c1-4-5-6-12-30-15(2)21(24-28-23(29-33-24)17-8-7-9-18(26)13-17)22(27-25(30)34)16-10-11-20(32-3)19(31)14-16/h7-11,13-14,22,31H,4-6,12H2,1-3H3,(H,27,34). The second-order valence-corrected chi connectivity index (χ2v) is 8.93. The Morgan fingerprint density at radius 2 is 2.06 bits per heavy atom. The summed E-state index contributed by atoms with van der Waals surface area (Å²) in [6, 6.07) is 12.2. The predicted octanol–water partition coefficient (Wildman–Crippen LogP) is 5.96. The van der Waals surface area contributed by atoms with E-state index in [4.69, 9.17) is 38.1 Å². The first kappa shape index (κ1) is 24.0. The van der Waals surface area contributed by atoms with Gasteiger partial charge in [-0.3, -0.25) is 0 Å². The van der Waals surface area contributed by atoms with Gasteiger partial charge in [0.1, 0.15) is 0 Å². The molecule has 0 spiro atoms.